The number of carbonyl (C=O) groups is 3. The largest absolute Gasteiger partial charge is 0.488 e. The second-order valence-corrected chi connectivity index (χ2v) is 5.96. The summed E-state index contributed by atoms with van der Waals surface area (Å²) in [5, 5.41) is 25.3. The molecule has 0 saturated carbocycles. The van der Waals surface area contributed by atoms with Crippen molar-refractivity contribution in [2.75, 3.05) is 13.1 Å². The highest BCUT2D eigenvalue weighted by atomic mass is 19.1. The molecular weight excluding hydrogens is 374 g/mol. The summed E-state index contributed by atoms with van der Waals surface area (Å²) in [4.78, 5) is 34.0. The number of benzene rings is 1. The molecule has 1 unspecified atom stereocenters. The molecule has 0 fully saturated rings. The third-order valence-corrected chi connectivity index (χ3v) is 3.71. The van der Waals surface area contributed by atoms with Gasteiger partial charge in [0.1, 0.15) is 5.82 Å². The summed E-state index contributed by atoms with van der Waals surface area (Å²) >= 11 is 0. The number of rotatable bonds is 11. The second kappa shape index (κ2) is 11.3. The Labute approximate surface area is 161 Å². The van der Waals surface area contributed by atoms with E-state index in [1.54, 1.807) is 0 Å². The van der Waals surface area contributed by atoms with Crippen LogP contribution in [0.1, 0.15) is 12.0 Å². The van der Waals surface area contributed by atoms with Crippen LogP contribution in [-0.2, 0) is 20.9 Å². The maximum atomic E-state index is 13.8. The zero-order valence-electron chi connectivity index (χ0n) is 15.0. The van der Waals surface area contributed by atoms with Crippen LogP contribution >= 0.6 is 0 Å². The van der Waals surface area contributed by atoms with Gasteiger partial charge in [-0.25, -0.2) is 4.39 Å². The van der Waals surface area contributed by atoms with E-state index in [9.17, 15) is 18.8 Å². The van der Waals surface area contributed by atoms with Gasteiger partial charge < -0.3 is 43.2 Å². The van der Waals surface area contributed by atoms with Gasteiger partial charge in [-0.05, 0) is 24.5 Å². The van der Waals surface area contributed by atoms with Crippen LogP contribution < -0.4 is 38.6 Å². The SMILES string of the molecule is NC(=O)C(N)NC(=O)CNC(=O)[C@@H](N)CCNCc1ccc(B(O)O)cc1F. The zero-order valence-corrected chi connectivity index (χ0v) is 15.0. The molecule has 0 aliphatic heterocycles. The molecule has 0 aliphatic carbocycles. The van der Waals surface area contributed by atoms with Gasteiger partial charge in [0, 0.05) is 12.1 Å². The van der Waals surface area contributed by atoms with E-state index < -0.39 is 49.4 Å². The first kappa shape index (κ1) is 23.5. The third-order valence-electron chi connectivity index (χ3n) is 3.71. The average Bonchev–Trinajstić information content (AvgIpc) is 2.63. The summed E-state index contributed by atoms with van der Waals surface area (Å²) < 4.78 is 13.8. The van der Waals surface area contributed by atoms with Crippen molar-refractivity contribution in [1.29, 1.82) is 0 Å². The van der Waals surface area contributed by atoms with E-state index in [0.29, 0.717) is 5.56 Å². The third kappa shape index (κ3) is 7.98. The van der Waals surface area contributed by atoms with E-state index >= 15 is 0 Å². The number of primary amides is 1. The lowest BCUT2D eigenvalue weighted by atomic mass is 9.80. The lowest BCUT2D eigenvalue weighted by Gasteiger charge is -2.14. The van der Waals surface area contributed by atoms with E-state index in [1.807, 2.05) is 0 Å². The van der Waals surface area contributed by atoms with Crippen LogP contribution in [0, 0.1) is 5.82 Å². The highest BCUT2D eigenvalue weighted by Crippen LogP contribution is 2.05. The number of halogens is 1. The van der Waals surface area contributed by atoms with Crippen molar-refractivity contribution in [3.63, 3.8) is 0 Å². The maximum Gasteiger partial charge on any atom is 0.488 e. The van der Waals surface area contributed by atoms with Gasteiger partial charge in [-0.2, -0.15) is 0 Å². The summed E-state index contributed by atoms with van der Waals surface area (Å²) in [7, 11) is -1.75. The molecule has 2 atom stereocenters. The molecule has 28 heavy (non-hydrogen) atoms. The highest BCUT2D eigenvalue weighted by Gasteiger charge is 2.17. The topological polar surface area (TPSA) is 206 Å². The smallest absolute Gasteiger partial charge is 0.423 e. The van der Waals surface area contributed by atoms with Gasteiger partial charge in [0.05, 0.1) is 12.6 Å². The standard InChI is InChI=1S/C15H24BFN6O5/c17-10-5-9(16(27)28)2-1-8(10)6-21-4-3-11(18)15(26)22-7-12(24)23-13(19)14(20)25/h1-2,5,11,13,21,27-28H,3-4,6-7,18-19H2,(H2,20,25)(H,22,26)(H,23,24)/t11-,13?/m0/s1. The van der Waals surface area contributed by atoms with Crippen molar-refractivity contribution in [2.45, 2.75) is 25.2 Å². The Kier molecular flexibility index (Phi) is 9.48. The predicted octanol–water partition coefficient (Wildman–Crippen LogP) is -4.68. The summed E-state index contributed by atoms with van der Waals surface area (Å²) in [6.07, 6.45) is -1.14. The molecule has 11 nitrogen and oxygen atoms in total. The van der Waals surface area contributed by atoms with Gasteiger partial charge in [0.25, 0.3) is 5.91 Å². The van der Waals surface area contributed by atoms with E-state index in [-0.39, 0.29) is 25.0 Å². The van der Waals surface area contributed by atoms with Gasteiger partial charge in [-0.1, -0.05) is 12.1 Å². The molecule has 3 amide bonds. The fraction of sp³-hybridized carbons (Fsp3) is 0.400. The highest BCUT2D eigenvalue weighted by molar-refractivity contribution is 6.58. The van der Waals surface area contributed by atoms with Gasteiger partial charge in [-0.3, -0.25) is 14.4 Å². The molecule has 0 aliphatic rings. The van der Waals surface area contributed by atoms with E-state index in [1.165, 1.54) is 12.1 Å². The monoisotopic (exact) mass is 398 g/mol. The molecule has 13 heteroatoms. The molecule has 1 rings (SSSR count). The number of nitrogens with two attached hydrogens (primary N) is 3. The van der Waals surface area contributed by atoms with Gasteiger partial charge in [0.15, 0.2) is 6.17 Å². The molecule has 0 radical (unpaired) electrons. The van der Waals surface area contributed by atoms with Gasteiger partial charge >= 0.3 is 7.12 Å². The zero-order chi connectivity index (χ0) is 21.3. The molecular formula is C15H24BFN6O5. The van der Waals surface area contributed by atoms with Crippen molar-refractivity contribution < 1.29 is 28.8 Å². The summed E-state index contributed by atoms with van der Waals surface area (Å²) in [6.45, 7) is 0.0156. The van der Waals surface area contributed by atoms with Gasteiger partial charge in [0.2, 0.25) is 11.8 Å². The first-order chi connectivity index (χ1) is 13.1. The molecule has 0 spiro atoms. The molecule has 0 saturated heterocycles. The molecule has 154 valence electrons. The lowest BCUT2D eigenvalue weighted by molar-refractivity contribution is -0.129. The Morgan fingerprint density at radius 1 is 1.21 bits per heavy atom. The Balaban J connectivity index is 2.30. The Bertz CT molecular complexity index is 707. The number of hydrogen-bond acceptors (Lipinski definition) is 8. The van der Waals surface area contributed by atoms with Crippen LogP contribution in [0.15, 0.2) is 18.2 Å². The molecule has 0 aromatic heterocycles. The summed E-state index contributed by atoms with van der Waals surface area (Å²) in [5.74, 6) is -2.80. The molecule has 0 heterocycles. The quantitative estimate of drug-likeness (QED) is 0.103. The molecule has 1 aromatic carbocycles. The minimum atomic E-state index is -1.75. The summed E-state index contributed by atoms with van der Waals surface area (Å²) in [6, 6.07) is 2.91. The molecule has 11 N–H and O–H groups in total. The fourth-order valence-electron chi connectivity index (χ4n) is 2.07. The van der Waals surface area contributed by atoms with Gasteiger partial charge in [-0.15, -0.1) is 0 Å². The van der Waals surface area contributed by atoms with Crippen molar-refractivity contribution in [3.8, 4) is 0 Å². The average molecular weight is 398 g/mol. The van der Waals surface area contributed by atoms with Crippen molar-refractivity contribution in [1.82, 2.24) is 16.0 Å². The lowest BCUT2D eigenvalue weighted by Crippen LogP contribution is -2.53. The number of hydrogen-bond donors (Lipinski definition) is 8. The normalized spacial score (nSPS) is 12.8. The van der Waals surface area contributed by atoms with Crippen LogP contribution in [0.2, 0.25) is 0 Å². The number of amides is 3. The Morgan fingerprint density at radius 2 is 1.89 bits per heavy atom. The van der Waals surface area contributed by atoms with E-state index in [0.717, 1.165) is 6.07 Å². The van der Waals surface area contributed by atoms with Crippen LogP contribution in [0.3, 0.4) is 0 Å². The van der Waals surface area contributed by atoms with E-state index in [2.05, 4.69) is 16.0 Å². The predicted molar refractivity (Wildman–Crippen MR) is 98.8 cm³/mol. The first-order valence-electron chi connectivity index (χ1n) is 8.34. The van der Waals surface area contributed by atoms with Crippen LogP contribution in [0.5, 0.6) is 0 Å². The molecule has 0 bridgehead atoms. The minimum Gasteiger partial charge on any atom is -0.423 e. The van der Waals surface area contributed by atoms with Crippen LogP contribution in [-0.4, -0.2) is 60.2 Å². The minimum absolute atomic E-state index is 0.0424. The molecule has 1 aromatic rings. The number of carbonyl (C=O) groups excluding carboxylic acids is 3. The summed E-state index contributed by atoms with van der Waals surface area (Å²) in [5.41, 5.74) is 16.2. The van der Waals surface area contributed by atoms with Crippen molar-refractivity contribution in [3.05, 3.63) is 29.6 Å². The maximum absolute atomic E-state index is 13.8. The fourth-order valence-corrected chi connectivity index (χ4v) is 2.07. The van der Waals surface area contributed by atoms with E-state index in [4.69, 9.17) is 27.2 Å². The number of nitrogens with one attached hydrogen (secondary N) is 3. The Morgan fingerprint density at radius 3 is 2.46 bits per heavy atom. The van der Waals surface area contributed by atoms with Crippen LogP contribution in [0.25, 0.3) is 0 Å². The Hall–Kier alpha value is -2.58. The first-order valence-corrected chi connectivity index (χ1v) is 8.34. The van der Waals surface area contributed by atoms with Crippen LogP contribution in [0.4, 0.5) is 4.39 Å². The van der Waals surface area contributed by atoms with Crippen molar-refractivity contribution >= 4 is 30.3 Å². The van der Waals surface area contributed by atoms with Crippen molar-refractivity contribution in [2.24, 2.45) is 17.2 Å². The second-order valence-electron chi connectivity index (χ2n) is 5.96.